The Balaban J connectivity index is 1.71. The van der Waals surface area contributed by atoms with Crippen molar-refractivity contribution in [1.82, 2.24) is 19.1 Å². The van der Waals surface area contributed by atoms with Crippen LogP contribution in [0.2, 0.25) is 0 Å². The highest BCUT2D eigenvalue weighted by atomic mass is 32.2. The highest BCUT2D eigenvalue weighted by Crippen LogP contribution is 2.32. The number of fused-ring (bicyclic) bond motifs is 1. The van der Waals surface area contributed by atoms with Crippen molar-refractivity contribution in [3.05, 3.63) is 34.5 Å². The number of rotatable bonds is 5. The van der Waals surface area contributed by atoms with Gasteiger partial charge in [0.1, 0.15) is 13.2 Å². The minimum atomic E-state index is -4.79. The number of ether oxygens (including phenoxy) is 2. The standard InChI is InChI=1S/C14H15F3N4O5S/c1-20-12(14(15,16)17)19-21(13(20)22)5-4-18-27(23,24)9-2-3-10-11(8-9)26-7-6-25-10/h2-3,8,18H,4-7H2,1H3. The Morgan fingerprint density at radius 2 is 1.89 bits per heavy atom. The van der Waals surface area contributed by atoms with Crippen molar-refractivity contribution in [2.75, 3.05) is 19.8 Å². The summed E-state index contributed by atoms with van der Waals surface area (Å²) in [4.78, 5) is 11.7. The van der Waals surface area contributed by atoms with E-state index in [0.29, 0.717) is 21.6 Å². The van der Waals surface area contributed by atoms with Gasteiger partial charge in [-0.15, -0.1) is 5.10 Å². The zero-order valence-corrected chi connectivity index (χ0v) is 14.8. The zero-order valence-electron chi connectivity index (χ0n) is 14.0. The zero-order chi connectivity index (χ0) is 19.8. The van der Waals surface area contributed by atoms with Gasteiger partial charge < -0.3 is 9.47 Å². The van der Waals surface area contributed by atoms with Gasteiger partial charge in [-0.1, -0.05) is 0 Å². The van der Waals surface area contributed by atoms with E-state index in [0.717, 1.165) is 7.05 Å². The van der Waals surface area contributed by atoms with Gasteiger partial charge in [-0.3, -0.25) is 4.57 Å². The molecule has 0 bridgehead atoms. The van der Waals surface area contributed by atoms with E-state index in [1.807, 2.05) is 0 Å². The van der Waals surface area contributed by atoms with Crippen LogP contribution in [0.1, 0.15) is 5.82 Å². The number of sulfonamides is 1. The maximum Gasteiger partial charge on any atom is 0.451 e. The van der Waals surface area contributed by atoms with Gasteiger partial charge in [-0.2, -0.15) is 13.2 Å². The van der Waals surface area contributed by atoms with Gasteiger partial charge >= 0.3 is 11.9 Å². The van der Waals surface area contributed by atoms with Crippen LogP contribution in [0.4, 0.5) is 13.2 Å². The lowest BCUT2D eigenvalue weighted by atomic mass is 10.3. The highest BCUT2D eigenvalue weighted by molar-refractivity contribution is 7.89. The fraction of sp³-hybridized carbons (Fsp3) is 0.429. The van der Waals surface area contributed by atoms with Gasteiger partial charge in [0.25, 0.3) is 0 Å². The van der Waals surface area contributed by atoms with Gasteiger partial charge in [-0.05, 0) is 12.1 Å². The molecule has 0 aliphatic carbocycles. The van der Waals surface area contributed by atoms with Crippen LogP contribution in [0.3, 0.4) is 0 Å². The average molecular weight is 408 g/mol. The summed E-state index contributed by atoms with van der Waals surface area (Å²) in [5.74, 6) is -0.665. The smallest absolute Gasteiger partial charge is 0.451 e. The Hall–Kier alpha value is -2.54. The number of hydrogen-bond donors (Lipinski definition) is 1. The second-order valence-electron chi connectivity index (χ2n) is 5.59. The first-order valence-corrected chi connectivity index (χ1v) is 9.18. The summed E-state index contributed by atoms with van der Waals surface area (Å²) in [6.07, 6.45) is -4.79. The number of nitrogens with one attached hydrogen (secondary N) is 1. The van der Waals surface area contributed by atoms with Crippen molar-refractivity contribution in [3.63, 3.8) is 0 Å². The average Bonchev–Trinajstić information content (AvgIpc) is 2.90. The molecule has 9 nitrogen and oxygen atoms in total. The van der Waals surface area contributed by atoms with E-state index in [2.05, 4.69) is 9.82 Å². The number of alkyl halides is 3. The Labute approximate surface area is 151 Å². The number of hydrogen-bond acceptors (Lipinski definition) is 6. The Kier molecular flexibility index (Phi) is 4.90. The fourth-order valence-corrected chi connectivity index (χ4v) is 3.48. The van der Waals surface area contributed by atoms with Crippen LogP contribution in [0.5, 0.6) is 11.5 Å². The minimum absolute atomic E-state index is 0.101. The number of nitrogens with zero attached hydrogens (tertiary/aromatic N) is 3. The molecule has 2 aromatic rings. The second-order valence-corrected chi connectivity index (χ2v) is 7.36. The molecule has 1 N–H and O–H groups in total. The SMILES string of the molecule is Cn1c(C(F)(F)F)nn(CCNS(=O)(=O)c2ccc3c(c2)OCCO3)c1=O. The second kappa shape index (κ2) is 6.88. The van der Waals surface area contributed by atoms with Crippen LogP contribution < -0.4 is 19.9 Å². The molecule has 0 saturated carbocycles. The molecule has 2 heterocycles. The van der Waals surface area contributed by atoms with Crippen molar-refractivity contribution in [2.45, 2.75) is 17.6 Å². The van der Waals surface area contributed by atoms with Crippen LogP contribution in [-0.2, 0) is 29.8 Å². The van der Waals surface area contributed by atoms with Crippen molar-refractivity contribution in [2.24, 2.45) is 7.05 Å². The lowest BCUT2D eigenvalue weighted by Crippen LogP contribution is -2.32. The Morgan fingerprint density at radius 3 is 2.52 bits per heavy atom. The van der Waals surface area contributed by atoms with E-state index in [1.165, 1.54) is 18.2 Å². The molecule has 148 valence electrons. The molecule has 1 aliphatic heterocycles. The lowest BCUT2D eigenvalue weighted by Gasteiger charge is -2.18. The van der Waals surface area contributed by atoms with Crippen LogP contribution in [0.15, 0.2) is 27.9 Å². The summed E-state index contributed by atoms with van der Waals surface area (Å²) in [6, 6.07) is 4.04. The molecule has 0 radical (unpaired) electrons. The first kappa shape index (κ1) is 19.2. The van der Waals surface area contributed by atoms with Crippen molar-refractivity contribution < 1.29 is 31.1 Å². The summed E-state index contributed by atoms with van der Waals surface area (Å²) in [6.45, 7) is -0.0539. The maximum absolute atomic E-state index is 12.7. The minimum Gasteiger partial charge on any atom is -0.486 e. The molecule has 0 saturated heterocycles. The van der Waals surface area contributed by atoms with E-state index in [9.17, 15) is 26.4 Å². The van der Waals surface area contributed by atoms with Crippen LogP contribution >= 0.6 is 0 Å². The van der Waals surface area contributed by atoms with Gasteiger partial charge in [0, 0.05) is 19.7 Å². The summed E-state index contributed by atoms with van der Waals surface area (Å²) in [5.41, 5.74) is -0.999. The molecule has 0 atom stereocenters. The van der Waals surface area contributed by atoms with Crippen LogP contribution in [0.25, 0.3) is 0 Å². The van der Waals surface area contributed by atoms with Gasteiger partial charge in [0.15, 0.2) is 11.5 Å². The third-order valence-electron chi connectivity index (χ3n) is 3.73. The molecule has 13 heteroatoms. The number of benzene rings is 1. The van der Waals surface area contributed by atoms with Crippen LogP contribution in [-0.4, -0.2) is 42.5 Å². The molecule has 0 amide bonds. The third kappa shape index (κ3) is 3.93. The molecule has 0 spiro atoms. The molecule has 27 heavy (non-hydrogen) atoms. The van der Waals surface area contributed by atoms with E-state index < -0.39 is 27.7 Å². The number of aromatic nitrogens is 3. The van der Waals surface area contributed by atoms with Gasteiger partial charge in [0.05, 0.1) is 11.4 Å². The molecular weight excluding hydrogens is 393 g/mol. The third-order valence-corrected chi connectivity index (χ3v) is 5.19. The Morgan fingerprint density at radius 1 is 1.22 bits per heavy atom. The first-order chi connectivity index (χ1) is 12.6. The van der Waals surface area contributed by atoms with Crippen LogP contribution in [0, 0.1) is 0 Å². The normalized spacial score (nSPS) is 14.4. The highest BCUT2D eigenvalue weighted by Gasteiger charge is 2.38. The summed E-state index contributed by atoms with van der Waals surface area (Å²) in [7, 11) is -3.03. The van der Waals surface area contributed by atoms with Crippen molar-refractivity contribution in [1.29, 1.82) is 0 Å². The Bertz CT molecular complexity index is 1010. The molecule has 1 aromatic heterocycles. The monoisotopic (exact) mass is 408 g/mol. The van der Waals surface area contributed by atoms with Gasteiger partial charge in [-0.25, -0.2) is 22.6 Å². The molecule has 3 rings (SSSR count). The summed E-state index contributed by atoms with van der Waals surface area (Å²) >= 11 is 0. The van der Waals surface area contributed by atoms with E-state index >= 15 is 0 Å². The summed E-state index contributed by atoms with van der Waals surface area (Å²) < 4.78 is 76.6. The molecule has 1 aliphatic rings. The predicted octanol–water partition coefficient (Wildman–Crippen LogP) is 0.350. The number of halogens is 3. The van der Waals surface area contributed by atoms with E-state index in [1.54, 1.807) is 0 Å². The maximum atomic E-state index is 12.7. The summed E-state index contributed by atoms with van der Waals surface area (Å²) in [5, 5.41) is 3.20. The predicted molar refractivity (Wildman–Crippen MR) is 85.1 cm³/mol. The molecule has 0 fully saturated rings. The van der Waals surface area contributed by atoms with Crippen molar-refractivity contribution >= 4 is 10.0 Å². The molecule has 1 aromatic carbocycles. The largest absolute Gasteiger partial charge is 0.486 e. The topological polar surface area (TPSA) is 104 Å². The molecule has 0 unspecified atom stereocenters. The first-order valence-electron chi connectivity index (χ1n) is 7.70. The molecular formula is C14H15F3N4O5S. The van der Waals surface area contributed by atoms with Gasteiger partial charge in [0.2, 0.25) is 15.8 Å². The van der Waals surface area contributed by atoms with E-state index in [4.69, 9.17) is 9.47 Å². The lowest BCUT2D eigenvalue weighted by molar-refractivity contribution is -0.147. The quantitative estimate of drug-likeness (QED) is 0.766. The van der Waals surface area contributed by atoms with E-state index in [-0.39, 0.29) is 30.3 Å². The fourth-order valence-electron chi connectivity index (χ4n) is 2.44. The van der Waals surface area contributed by atoms with Crippen molar-refractivity contribution in [3.8, 4) is 11.5 Å².